The first-order valence-corrected chi connectivity index (χ1v) is 5.50. The Morgan fingerprint density at radius 3 is 3.00 bits per heavy atom. The van der Waals surface area contributed by atoms with E-state index in [4.69, 9.17) is 10.5 Å². The first kappa shape index (κ1) is 11.0. The lowest BCUT2D eigenvalue weighted by Crippen LogP contribution is -2.09. The predicted molar refractivity (Wildman–Crippen MR) is 62.7 cm³/mol. The van der Waals surface area contributed by atoms with E-state index >= 15 is 0 Å². The molecule has 1 aromatic rings. The van der Waals surface area contributed by atoms with Crippen LogP contribution >= 0.6 is 0 Å². The Morgan fingerprint density at radius 1 is 1.44 bits per heavy atom. The number of aliphatic imine (C=N–C) groups is 1. The molecule has 0 saturated heterocycles. The largest absolute Gasteiger partial charge is 0.507 e. The van der Waals surface area contributed by atoms with Gasteiger partial charge in [0.15, 0.2) is 0 Å². The number of benzene rings is 1. The Labute approximate surface area is 94.8 Å². The van der Waals surface area contributed by atoms with Crippen molar-refractivity contribution in [3.63, 3.8) is 0 Å². The molecule has 0 aliphatic carbocycles. The van der Waals surface area contributed by atoms with E-state index in [0.29, 0.717) is 24.6 Å². The zero-order valence-electron chi connectivity index (χ0n) is 9.10. The molecule has 1 unspecified atom stereocenters. The van der Waals surface area contributed by atoms with E-state index in [-0.39, 0.29) is 11.8 Å². The number of nitrogens with zero attached hydrogens (tertiary/aromatic N) is 1. The minimum absolute atomic E-state index is 0.179. The Hall–Kier alpha value is -1.55. The molecule has 0 radical (unpaired) electrons. The number of phenolic OH excluding ortho intramolecular Hbond substituents is 1. The second kappa shape index (κ2) is 4.99. The summed E-state index contributed by atoms with van der Waals surface area (Å²) in [4.78, 5) is 4.44. The lowest BCUT2D eigenvalue weighted by molar-refractivity contribution is 0.310. The molecule has 4 heteroatoms. The highest BCUT2D eigenvalue weighted by Crippen LogP contribution is 2.21. The summed E-state index contributed by atoms with van der Waals surface area (Å²) < 4.78 is 5.48. The molecule has 3 N–H and O–H groups in total. The van der Waals surface area contributed by atoms with Crippen molar-refractivity contribution in [2.45, 2.75) is 18.9 Å². The van der Waals surface area contributed by atoms with Crippen molar-refractivity contribution in [3.8, 4) is 5.75 Å². The molecule has 0 bridgehead atoms. The smallest absolute Gasteiger partial charge is 0.220 e. The molecule has 2 rings (SSSR count). The highest BCUT2D eigenvalue weighted by Gasteiger charge is 2.21. The van der Waals surface area contributed by atoms with Gasteiger partial charge in [0.2, 0.25) is 5.90 Å². The van der Waals surface area contributed by atoms with Crippen LogP contribution in [-0.4, -0.2) is 30.2 Å². The average Bonchev–Trinajstić information content (AvgIpc) is 2.75. The maximum Gasteiger partial charge on any atom is 0.220 e. The Kier molecular flexibility index (Phi) is 3.41. The second-order valence-electron chi connectivity index (χ2n) is 3.85. The van der Waals surface area contributed by atoms with Crippen molar-refractivity contribution < 1.29 is 9.84 Å². The normalized spacial score (nSPS) is 19.3. The molecule has 1 heterocycles. The van der Waals surface area contributed by atoms with Gasteiger partial charge in [0.25, 0.3) is 0 Å². The van der Waals surface area contributed by atoms with Gasteiger partial charge in [-0.15, -0.1) is 0 Å². The third kappa shape index (κ3) is 2.33. The van der Waals surface area contributed by atoms with Gasteiger partial charge in [-0.25, -0.2) is 4.99 Å². The summed E-state index contributed by atoms with van der Waals surface area (Å²) in [7, 11) is 0. The molecule has 4 nitrogen and oxygen atoms in total. The van der Waals surface area contributed by atoms with Gasteiger partial charge in [-0.2, -0.15) is 0 Å². The van der Waals surface area contributed by atoms with Crippen LogP contribution in [0.3, 0.4) is 0 Å². The Bertz CT molecular complexity index is 390. The zero-order chi connectivity index (χ0) is 11.4. The third-order valence-corrected chi connectivity index (χ3v) is 2.59. The van der Waals surface area contributed by atoms with Crippen molar-refractivity contribution in [2.75, 3.05) is 13.2 Å². The van der Waals surface area contributed by atoms with E-state index in [0.717, 1.165) is 12.8 Å². The minimum atomic E-state index is 0.179. The van der Waals surface area contributed by atoms with E-state index in [9.17, 15) is 5.11 Å². The molecule has 1 atom stereocenters. The van der Waals surface area contributed by atoms with Gasteiger partial charge in [0, 0.05) is 0 Å². The van der Waals surface area contributed by atoms with E-state index in [1.807, 2.05) is 6.07 Å². The summed E-state index contributed by atoms with van der Waals surface area (Å²) >= 11 is 0. The van der Waals surface area contributed by atoms with Gasteiger partial charge >= 0.3 is 0 Å². The molecule has 1 aromatic carbocycles. The van der Waals surface area contributed by atoms with Gasteiger partial charge in [-0.3, -0.25) is 0 Å². The van der Waals surface area contributed by atoms with Gasteiger partial charge in [0.1, 0.15) is 12.4 Å². The molecule has 16 heavy (non-hydrogen) atoms. The number of rotatable bonds is 4. The number of para-hydroxylation sites is 1. The lowest BCUT2D eigenvalue weighted by Gasteiger charge is -2.02. The van der Waals surface area contributed by atoms with Crippen LogP contribution in [-0.2, 0) is 4.74 Å². The number of nitrogens with two attached hydrogens (primary N) is 1. The van der Waals surface area contributed by atoms with Crippen LogP contribution in [0.4, 0.5) is 0 Å². The highest BCUT2D eigenvalue weighted by atomic mass is 16.5. The van der Waals surface area contributed by atoms with Crippen LogP contribution < -0.4 is 5.73 Å². The summed E-state index contributed by atoms with van der Waals surface area (Å²) in [5, 5.41) is 9.65. The van der Waals surface area contributed by atoms with E-state index < -0.39 is 0 Å². The van der Waals surface area contributed by atoms with Gasteiger partial charge in [-0.1, -0.05) is 12.1 Å². The fraction of sp³-hybridized carbons (Fsp3) is 0.417. The molecule has 1 aliphatic heterocycles. The maximum atomic E-state index is 9.65. The van der Waals surface area contributed by atoms with E-state index in [2.05, 4.69) is 4.99 Å². The molecule has 0 saturated carbocycles. The van der Waals surface area contributed by atoms with Crippen LogP contribution in [0.1, 0.15) is 18.4 Å². The summed E-state index contributed by atoms with van der Waals surface area (Å²) in [5.74, 6) is 0.751. The fourth-order valence-corrected chi connectivity index (χ4v) is 1.72. The molecule has 86 valence electrons. The second-order valence-corrected chi connectivity index (χ2v) is 3.85. The third-order valence-electron chi connectivity index (χ3n) is 2.59. The number of phenols is 1. The quantitative estimate of drug-likeness (QED) is 0.803. The SMILES string of the molecule is NCCCC1COC(c2ccccc2O)=N1. The van der Waals surface area contributed by atoms with Crippen LogP contribution in [0, 0.1) is 0 Å². The Balaban J connectivity index is 2.09. The number of ether oxygens (including phenoxy) is 1. The Morgan fingerprint density at radius 2 is 2.25 bits per heavy atom. The summed E-state index contributed by atoms with van der Waals surface area (Å²) in [5.41, 5.74) is 6.11. The van der Waals surface area contributed by atoms with Gasteiger partial charge < -0.3 is 15.6 Å². The standard InChI is InChI=1S/C12H16N2O2/c13-7-3-4-9-8-16-12(14-9)10-5-1-2-6-11(10)15/h1-2,5-6,9,15H,3-4,7-8,13H2. The fourth-order valence-electron chi connectivity index (χ4n) is 1.72. The molecule has 1 aliphatic rings. The topological polar surface area (TPSA) is 67.8 Å². The lowest BCUT2D eigenvalue weighted by atomic mass is 10.2. The van der Waals surface area contributed by atoms with Crippen molar-refractivity contribution >= 4 is 5.90 Å². The maximum absolute atomic E-state index is 9.65. The average molecular weight is 220 g/mol. The summed E-state index contributed by atoms with van der Waals surface area (Å²) in [6.07, 6.45) is 1.89. The molecule has 0 spiro atoms. The van der Waals surface area contributed by atoms with Crippen molar-refractivity contribution in [1.82, 2.24) is 0 Å². The van der Waals surface area contributed by atoms with Gasteiger partial charge in [0.05, 0.1) is 11.6 Å². The molecule has 0 fully saturated rings. The van der Waals surface area contributed by atoms with E-state index in [1.165, 1.54) is 0 Å². The van der Waals surface area contributed by atoms with E-state index in [1.54, 1.807) is 18.2 Å². The highest BCUT2D eigenvalue weighted by molar-refractivity contribution is 5.97. The van der Waals surface area contributed by atoms with Crippen molar-refractivity contribution in [2.24, 2.45) is 10.7 Å². The predicted octanol–water partition coefficient (Wildman–Crippen LogP) is 1.28. The van der Waals surface area contributed by atoms with Crippen LogP contribution in [0.15, 0.2) is 29.3 Å². The van der Waals surface area contributed by atoms with Gasteiger partial charge in [-0.05, 0) is 31.5 Å². The molecular formula is C12H16N2O2. The summed E-state index contributed by atoms with van der Waals surface area (Å²) in [6, 6.07) is 7.25. The van der Waals surface area contributed by atoms with Crippen LogP contribution in [0.25, 0.3) is 0 Å². The van der Waals surface area contributed by atoms with Crippen LogP contribution in [0.2, 0.25) is 0 Å². The molecule has 0 aromatic heterocycles. The summed E-state index contributed by atoms with van der Waals surface area (Å²) in [6.45, 7) is 1.27. The monoisotopic (exact) mass is 220 g/mol. The first-order chi connectivity index (χ1) is 7.81. The number of hydrogen-bond acceptors (Lipinski definition) is 4. The zero-order valence-corrected chi connectivity index (χ0v) is 9.10. The number of hydrogen-bond donors (Lipinski definition) is 2. The minimum Gasteiger partial charge on any atom is -0.507 e. The van der Waals surface area contributed by atoms with Crippen LogP contribution in [0.5, 0.6) is 5.75 Å². The van der Waals surface area contributed by atoms with Crippen molar-refractivity contribution in [1.29, 1.82) is 0 Å². The number of aromatic hydroxyl groups is 1. The van der Waals surface area contributed by atoms with Crippen molar-refractivity contribution in [3.05, 3.63) is 29.8 Å². The molecule has 0 amide bonds. The molecular weight excluding hydrogens is 204 g/mol. The first-order valence-electron chi connectivity index (χ1n) is 5.50.